The highest BCUT2D eigenvalue weighted by molar-refractivity contribution is 5.94. The second kappa shape index (κ2) is 11.0. The lowest BCUT2D eigenvalue weighted by Gasteiger charge is -2.25. The lowest BCUT2D eigenvalue weighted by atomic mass is 10.1. The molecule has 0 atom stereocenters. The molecule has 0 saturated heterocycles. The highest BCUT2D eigenvalue weighted by Gasteiger charge is 2.22. The van der Waals surface area contributed by atoms with Gasteiger partial charge in [0.2, 0.25) is 17.8 Å². The van der Waals surface area contributed by atoms with Crippen molar-refractivity contribution in [2.75, 3.05) is 25.5 Å². The van der Waals surface area contributed by atoms with Crippen molar-refractivity contribution < 1.29 is 14.3 Å². The molecule has 2 amide bonds. The van der Waals surface area contributed by atoms with E-state index in [4.69, 9.17) is 9.72 Å². The highest BCUT2D eigenvalue weighted by Crippen LogP contribution is 2.26. The van der Waals surface area contributed by atoms with Gasteiger partial charge in [0.25, 0.3) is 0 Å². The Labute approximate surface area is 201 Å². The number of hydrogen-bond donors (Lipinski definition) is 1. The van der Waals surface area contributed by atoms with E-state index in [0.717, 1.165) is 28.3 Å². The van der Waals surface area contributed by atoms with Crippen molar-refractivity contribution in [2.45, 2.75) is 34.6 Å². The second-order valence-corrected chi connectivity index (χ2v) is 9.20. The molecule has 0 aliphatic heterocycles. The van der Waals surface area contributed by atoms with Gasteiger partial charge in [-0.1, -0.05) is 45.4 Å². The van der Waals surface area contributed by atoms with Gasteiger partial charge in [0.1, 0.15) is 5.75 Å². The maximum absolute atomic E-state index is 13.0. The zero-order chi connectivity index (χ0) is 24.8. The summed E-state index contributed by atoms with van der Waals surface area (Å²) in [6.45, 7) is 10.3. The Bertz CT molecular complexity index is 1120. The summed E-state index contributed by atoms with van der Waals surface area (Å²) in [7, 11) is 1.63. The van der Waals surface area contributed by atoms with E-state index in [1.807, 2.05) is 93.9 Å². The second-order valence-electron chi connectivity index (χ2n) is 9.20. The smallest absolute Gasteiger partial charge is 0.246 e. The number of aromatic nitrogens is 2. The number of ether oxygens (including phenoxy) is 1. The largest absolute Gasteiger partial charge is 0.497 e. The zero-order valence-electron chi connectivity index (χ0n) is 20.8. The van der Waals surface area contributed by atoms with Crippen LogP contribution < -0.4 is 10.1 Å². The lowest BCUT2D eigenvalue weighted by molar-refractivity contribution is -0.138. The van der Waals surface area contributed by atoms with Crippen LogP contribution in [0.2, 0.25) is 0 Å². The molecule has 1 N–H and O–H groups in total. The number of benzene rings is 2. The van der Waals surface area contributed by atoms with Crippen LogP contribution in [0.4, 0.5) is 5.95 Å². The third-order valence-corrected chi connectivity index (χ3v) is 5.38. The molecule has 180 valence electrons. The van der Waals surface area contributed by atoms with Crippen LogP contribution in [0.25, 0.3) is 16.9 Å². The van der Waals surface area contributed by atoms with Crippen molar-refractivity contribution in [1.29, 1.82) is 0 Å². The average Bonchev–Trinajstić information content (AvgIpc) is 3.21. The molecule has 0 radical (unpaired) electrons. The number of imidazole rings is 1. The first-order valence-electron chi connectivity index (χ1n) is 11.6. The van der Waals surface area contributed by atoms with Crippen LogP contribution in [0.1, 0.15) is 33.3 Å². The summed E-state index contributed by atoms with van der Waals surface area (Å²) in [5, 5.41) is 2.93. The number of nitrogens with zero attached hydrogens (tertiary/aromatic N) is 3. The van der Waals surface area contributed by atoms with E-state index in [1.54, 1.807) is 12.0 Å². The van der Waals surface area contributed by atoms with Crippen molar-refractivity contribution in [3.63, 3.8) is 0 Å². The SMILES string of the molecule is COc1ccc(-c2cn(-c3ccc(C)cc3)c(NC(=O)CN(CC(C)C)C(=O)C(C)C)n2)cc1. The van der Waals surface area contributed by atoms with Gasteiger partial charge in [-0.3, -0.25) is 19.5 Å². The fraction of sp³-hybridized carbons (Fsp3) is 0.370. The van der Waals surface area contributed by atoms with E-state index in [2.05, 4.69) is 5.32 Å². The summed E-state index contributed by atoms with van der Waals surface area (Å²) < 4.78 is 7.11. The third-order valence-electron chi connectivity index (χ3n) is 5.38. The number of aryl methyl sites for hydroxylation is 1. The zero-order valence-corrected chi connectivity index (χ0v) is 20.8. The summed E-state index contributed by atoms with van der Waals surface area (Å²) in [4.78, 5) is 32.0. The Morgan fingerprint density at radius 1 is 1.03 bits per heavy atom. The molecule has 3 rings (SSSR count). The molecule has 0 aliphatic rings. The van der Waals surface area contributed by atoms with Gasteiger partial charge in [-0.2, -0.15) is 0 Å². The van der Waals surface area contributed by atoms with E-state index >= 15 is 0 Å². The van der Waals surface area contributed by atoms with Gasteiger partial charge in [0, 0.05) is 29.9 Å². The van der Waals surface area contributed by atoms with E-state index < -0.39 is 0 Å². The number of methoxy groups -OCH3 is 1. The first-order chi connectivity index (χ1) is 16.2. The molecular weight excluding hydrogens is 428 g/mol. The molecule has 3 aromatic rings. The van der Waals surface area contributed by atoms with Crippen molar-refractivity contribution >= 4 is 17.8 Å². The van der Waals surface area contributed by atoms with Gasteiger partial charge < -0.3 is 9.64 Å². The molecule has 0 saturated carbocycles. The summed E-state index contributed by atoms with van der Waals surface area (Å²) in [6, 6.07) is 15.6. The van der Waals surface area contributed by atoms with Crippen LogP contribution in [0.3, 0.4) is 0 Å². The predicted molar refractivity (Wildman–Crippen MR) is 135 cm³/mol. The van der Waals surface area contributed by atoms with E-state index in [9.17, 15) is 9.59 Å². The van der Waals surface area contributed by atoms with Crippen molar-refractivity contribution in [3.8, 4) is 22.7 Å². The summed E-state index contributed by atoms with van der Waals surface area (Å²) in [6.07, 6.45) is 1.90. The Morgan fingerprint density at radius 3 is 2.24 bits per heavy atom. The number of carbonyl (C=O) groups excluding carboxylic acids is 2. The Morgan fingerprint density at radius 2 is 1.68 bits per heavy atom. The minimum Gasteiger partial charge on any atom is -0.497 e. The van der Waals surface area contributed by atoms with Crippen molar-refractivity contribution in [2.24, 2.45) is 11.8 Å². The average molecular weight is 463 g/mol. The van der Waals surface area contributed by atoms with Gasteiger partial charge >= 0.3 is 0 Å². The maximum Gasteiger partial charge on any atom is 0.246 e. The maximum atomic E-state index is 13.0. The van der Waals surface area contributed by atoms with Crippen LogP contribution >= 0.6 is 0 Å². The van der Waals surface area contributed by atoms with Crippen molar-refractivity contribution in [1.82, 2.24) is 14.5 Å². The summed E-state index contributed by atoms with van der Waals surface area (Å²) in [5.41, 5.74) is 3.64. The molecule has 1 heterocycles. The van der Waals surface area contributed by atoms with Gasteiger partial charge in [-0.15, -0.1) is 0 Å². The van der Waals surface area contributed by atoms with Crippen LogP contribution in [-0.4, -0.2) is 46.5 Å². The molecule has 34 heavy (non-hydrogen) atoms. The predicted octanol–water partition coefficient (Wildman–Crippen LogP) is 4.94. The Balaban J connectivity index is 1.91. The Kier molecular flexibility index (Phi) is 8.10. The molecule has 0 aliphatic carbocycles. The molecular formula is C27H34N4O3. The molecule has 7 nitrogen and oxygen atoms in total. The molecule has 0 bridgehead atoms. The van der Waals surface area contributed by atoms with E-state index in [1.165, 1.54) is 0 Å². The van der Waals surface area contributed by atoms with Crippen LogP contribution in [0.5, 0.6) is 5.75 Å². The molecule has 2 aromatic carbocycles. The van der Waals surface area contributed by atoms with Crippen LogP contribution in [0.15, 0.2) is 54.7 Å². The fourth-order valence-corrected chi connectivity index (χ4v) is 3.65. The molecule has 0 fully saturated rings. The summed E-state index contributed by atoms with van der Waals surface area (Å²) >= 11 is 0. The molecule has 0 spiro atoms. The third kappa shape index (κ3) is 6.25. The topological polar surface area (TPSA) is 76.5 Å². The summed E-state index contributed by atoms with van der Waals surface area (Å²) in [5.74, 6) is 0.922. The van der Waals surface area contributed by atoms with Gasteiger partial charge in [-0.05, 0) is 49.2 Å². The number of carbonyl (C=O) groups is 2. The Hall–Kier alpha value is -3.61. The van der Waals surface area contributed by atoms with Gasteiger partial charge in [0.05, 0.1) is 19.3 Å². The molecule has 7 heteroatoms. The van der Waals surface area contributed by atoms with Gasteiger partial charge in [0.15, 0.2) is 0 Å². The van der Waals surface area contributed by atoms with Gasteiger partial charge in [-0.25, -0.2) is 4.98 Å². The number of hydrogen-bond acceptors (Lipinski definition) is 4. The normalized spacial score (nSPS) is 11.1. The first kappa shape index (κ1) is 25.0. The number of amides is 2. The lowest BCUT2D eigenvalue weighted by Crippen LogP contribution is -2.42. The first-order valence-corrected chi connectivity index (χ1v) is 11.6. The van der Waals surface area contributed by atoms with E-state index in [0.29, 0.717) is 12.5 Å². The monoisotopic (exact) mass is 462 g/mol. The minimum atomic E-state index is -0.283. The fourth-order valence-electron chi connectivity index (χ4n) is 3.65. The quantitative estimate of drug-likeness (QED) is 0.489. The van der Waals surface area contributed by atoms with E-state index in [-0.39, 0.29) is 30.2 Å². The minimum absolute atomic E-state index is 0.0200. The van der Waals surface area contributed by atoms with Crippen LogP contribution in [0, 0.1) is 18.8 Å². The molecule has 1 aromatic heterocycles. The van der Waals surface area contributed by atoms with Crippen molar-refractivity contribution in [3.05, 3.63) is 60.3 Å². The number of rotatable bonds is 9. The number of anilines is 1. The standard InChI is InChI=1S/C27H34N4O3/c1-18(2)15-30(26(33)19(3)4)17-25(32)29-27-28-24(21-9-13-23(34-6)14-10-21)16-31(27)22-11-7-20(5)8-12-22/h7-14,16,18-19H,15,17H2,1-6H3,(H,28,29,32). The molecule has 0 unspecified atom stereocenters. The highest BCUT2D eigenvalue weighted by atomic mass is 16.5. The van der Waals surface area contributed by atoms with Crippen LogP contribution in [-0.2, 0) is 9.59 Å². The number of nitrogens with one attached hydrogen (secondary N) is 1.